The highest BCUT2D eigenvalue weighted by molar-refractivity contribution is 5.73. The molecule has 33 heavy (non-hydrogen) atoms. The van der Waals surface area contributed by atoms with Crippen LogP contribution in [0.4, 0.5) is 5.69 Å². The van der Waals surface area contributed by atoms with Crippen LogP contribution in [0.15, 0.2) is 24.3 Å². The van der Waals surface area contributed by atoms with E-state index in [9.17, 15) is 15.0 Å². The summed E-state index contributed by atoms with van der Waals surface area (Å²) in [5, 5.41) is 25.5. The quantitative estimate of drug-likeness (QED) is 0.561. The van der Waals surface area contributed by atoms with Crippen molar-refractivity contribution in [2.24, 2.45) is 0 Å². The molecule has 3 aliphatic heterocycles. The third-order valence-corrected chi connectivity index (χ3v) is 7.56. The average molecular weight is 461 g/mol. The Balaban J connectivity index is 1.24. The third-order valence-electron chi connectivity index (χ3n) is 7.56. The molecule has 1 unspecified atom stereocenters. The lowest BCUT2D eigenvalue weighted by atomic mass is 9.90. The topological polar surface area (TPSA) is 88.5 Å². The first-order valence-electron chi connectivity index (χ1n) is 12.3. The molecular weight excluding hydrogens is 420 g/mol. The van der Waals surface area contributed by atoms with E-state index in [1.54, 1.807) is 14.0 Å². The molecule has 1 aromatic rings. The molecule has 1 amide bonds. The highest BCUT2D eigenvalue weighted by atomic mass is 16.5. The molecule has 0 aromatic heterocycles. The van der Waals surface area contributed by atoms with Crippen LogP contribution in [-0.4, -0.2) is 103 Å². The van der Waals surface area contributed by atoms with Crippen molar-refractivity contribution in [3.63, 3.8) is 0 Å². The molecule has 0 aliphatic carbocycles. The lowest BCUT2D eigenvalue weighted by molar-refractivity contribution is -0.120. The number of para-hydroxylation sites is 2. The van der Waals surface area contributed by atoms with E-state index in [0.717, 1.165) is 63.4 Å². The van der Waals surface area contributed by atoms with Gasteiger partial charge in [-0.25, -0.2) is 0 Å². The minimum atomic E-state index is -0.727. The predicted molar refractivity (Wildman–Crippen MR) is 129 cm³/mol. The number of anilines is 1. The maximum atomic E-state index is 11.3. The summed E-state index contributed by atoms with van der Waals surface area (Å²) in [6.07, 6.45) is 4.01. The fourth-order valence-electron chi connectivity index (χ4n) is 5.77. The summed E-state index contributed by atoms with van der Waals surface area (Å²) in [7, 11) is 1.69. The van der Waals surface area contributed by atoms with Gasteiger partial charge in [0.15, 0.2) is 0 Å². The van der Waals surface area contributed by atoms with E-state index in [1.807, 2.05) is 18.2 Å². The van der Waals surface area contributed by atoms with Crippen LogP contribution in [0, 0.1) is 0 Å². The van der Waals surface area contributed by atoms with Crippen molar-refractivity contribution in [3.05, 3.63) is 24.3 Å². The summed E-state index contributed by atoms with van der Waals surface area (Å²) < 4.78 is 5.50. The van der Waals surface area contributed by atoms with Gasteiger partial charge in [-0.2, -0.15) is 0 Å². The molecule has 0 saturated carbocycles. The summed E-state index contributed by atoms with van der Waals surface area (Å²) in [5.74, 6) is 0.902. The van der Waals surface area contributed by atoms with Crippen molar-refractivity contribution in [3.8, 4) is 5.75 Å². The maximum absolute atomic E-state index is 11.3. The molecule has 0 bridgehead atoms. The van der Waals surface area contributed by atoms with Crippen LogP contribution in [0.3, 0.4) is 0 Å². The lowest BCUT2D eigenvalue weighted by Gasteiger charge is -2.41. The number of benzene rings is 1. The zero-order chi connectivity index (χ0) is 23.5. The molecule has 4 rings (SSSR count). The molecule has 8 nitrogen and oxygen atoms in total. The third kappa shape index (κ3) is 6.18. The largest absolute Gasteiger partial charge is 0.495 e. The normalized spacial score (nSPS) is 27.0. The summed E-state index contributed by atoms with van der Waals surface area (Å²) >= 11 is 0. The maximum Gasteiger partial charge on any atom is 0.217 e. The van der Waals surface area contributed by atoms with Gasteiger partial charge in [0.05, 0.1) is 24.0 Å². The van der Waals surface area contributed by atoms with E-state index in [1.165, 1.54) is 0 Å². The van der Waals surface area contributed by atoms with Crippen molar-refractivity contribution in [2.75, 3.05) is 64.4 Å². The number of rotatable bonds is 7. The van der Waals surface area contributed by atoms with Gasteiger partial charge in [0.25, 0.3) is 0 Å². The van der Waals surface area contributed by atoms with Crippen LogP contribution >= 0.6 is 0 Å². The summed E-state index contributed by atoms with van der Waals surface area (Å²) in [4.78, 5) is 18.1. The molecule has 3 heterocycles. The highest BCUT2D eigenvalue weighted by Gasteiger charge is 2.42. The molecular formula is C25H40N4O4. The van der Waals surface area contributed by atoms with E-state index >= 15 is 0 Å². The lowest BCUT2D eigenvalue weighted by Crippen LogP contribution is -2.53. The smallest absolute Gasteiger partial charge is 0.217 e. The van der Waals surface area contributed by atoms with Crippen molar-refractivity contribution < 1.29 is 19.7 Å². The summed E-state index contributed by atoms with van der Waals surface area (Å²) in [5.41, 5.74) is -0.365. The number of carbonyl (C=O) groups excluding carboxylic acids is 1. The van der Waals surface area contributed by atoms with Gasteiger partial charge in [0.1, 0.15) is 5.75 Å². The number of methoxy groups -OCH3 is 1. The number of β-amino-alcohol motifs (C(OH)–C–C–N with tert-alkyl or cyclic N) is 2. The van der Waals surface area contributed by atoms with Crippen molar-refractivity contribution in [1.82, 2.24) is 15.1 Å². The average Bonchev–Trinajstić information content (AvgIpc) is 3.14. The number of nitrogens with one attached hydrogen (secondary N) is 1. The Hall–Kier alpha value is -1.87. The van der Waals surface area contributed by atoms with Crippen molar-refractivity contribution >= 4 is 11.6 Å². The molecule has 1 atom stereocenters. The van der Waals surface area contributed by atoms with Crippen LogP contribution in [0.25, 0.3) is 0 Å². The minimum Gasteiger partial charge on any atom is -0.495 e. The molecule has 3 N–H and O–H groups in total. The van der Waals surface area contributed by atoms with E-state index in [-0.39, 0.29) is 11.9 Å². The predicted octanol–water partition coefficient (Wildman–Crippen LogP) is 1.06. The monoisotopic (exact) mass is 460 g/mol. The molecule has 184 valence electrons. The first-order chi connectivity index (χ1) is 15.8. The van der Waals surface area contributed by atoms with Gasteiger partial charge in [0, 0.05) is 65.3 Å². The Labute approximate surface area is 197 Å². The molecule has 3 aliphatic rings. The second-order valence-corrected chi connectivity index (χ2v) is 10.3. The molecule has 3 saturated heterocycles. The zero-order valence-electron chi connectivity index (χ0n) is 20.1. The first-order valence-corrected chi connectivity index (χ1v) is 12.3. The molecule has 0 radical (unpaired) electrons. The number of carbonyl (C=O) groups is 1. The molecule has 8 heteroatoms. The standard InChI is InChI=1S/C25H40N4O4/c1-20(30)26-21-7-12-27(13-8-21)18-25(32)9-14-28(19-25)17-24(31)10-15-29(16-11-24)22-5-3-4-6-23(22)33-2/h3-6,21,31-32H,7-19H2,1-2H3,(H,26,30). The van der Waals surface area contributed by atoms with Gasteiger partial charge in [-0.15, -0.1) is 0 Å². The number of hydrogen-bond donors (Lipinski definition) is 3. The fourth-order valence-corrected chi connectivity index (χ4v) is 5.77. The Kier molecular flexibility index (Phi) is 7.48. The van der Waals surface area contributed by atoms with Crippen LogP contribution < -0.4 is 15.0 Å². The van der Waals surface area contributed by atoms with Gasteiger partial charge in [0.2, 0.25) is 5.91 Å². The minimum absolute atomic E-state index is 0.0326. The molecule has 1 aromatic carbocycles. The van der Waals surface area contributed by atoms with Gasteiger partial charge >= 0.3 is 0 Å². The van der Waals surface area contributed by atoms with Gasteiger partial charge in [-0.1, -0.05) is 12.1 Å². The van der Waals surface area contributed by atoms with Crippen LogP contribution in [0.5, 0.6) is 5.75 Å². The zero-order valence-corrected chi connectivity index (χ0v) is 20.1. The number of aliphatic hydroxyl groups is 2. The van der Waals surface area contributed by atoms with Gasteiger partial charge in [-0.05, 0) is 44.2 Å². The number of nitrogens with zero attached hydrogens (tertiary/aromatic N) is 3. The summed E-state index contributed by atoms with van der Waals surface area (Å²) in [6, 6.07) is 8.30. The Morgan fingerprint density at radius 2 is 1.64 bits per heavy atom. The van der Waals surface area contributed by atoms with E-state index in [4.69, 9.17) is 4.74 Å². The fraction of sp³-hybridized carbons (Fsp3) is 0.720. The van der Waals surface area contributed by atoms with E-state index < -0.39 is 11.2 Å². The van der Waals surface area contributed by atoms with Gasteiger partial charge < -0.3 is 30.1 Å². The second kappa shape index (κ2) is 10.2. The number of ether oxygens (including phenoxy) is 1. The van der Waals surface area contributed by atoms with Crippen LogP contribution in [0.2, 0.25) is 0 Å². The number of piperidine rings is 2. The number of likely N-dealkylation sites (tertiary alicyclic amines) is 2. The van der Waals surface area contributed by atoms with Gasteiger partial charge in [-0.3, -0.25) is 9.69 Å². The van der Waals surface area contributed by atoms with Crippen LogP contribution in [-0.2, 0) is 4.79 Å². The molecule has 3 fully saturated rings. The Morgan fingerprint density at radius 1 is 1.00 bits per heavy atom. The summed E-state index contributed by atoms with van der Waals surface area (Å²) in [6.45, 7) is 7.64. The van der Waals surface area contributed by atoms with Crippen LogP contribution in [0.1, 0.15) is 39.0 Å². The highest BCUT2D eigenvalue weighted by Crippen LogP contribution is 2.34. The van der Waals surface area contributed by atoms with E-state index in [0.29, 0.717) is 32.5 Å². The molecule has 0 spiro atoms. The van der Waals surface area contributed by atoms with E-state index in [2.05, 4.69) is 26.1 Å². The second-order valence-electron chi connectivity index (χ2n) is 10.3. The van der Waals surface area contributed by atoms with Crippen molar-refractivity contribution in [1.29, 1.82) is 0 Å². The SMILES string of the molecule is COc1ccccc1N1CCC(O)(CN2CCC(O)(CN3CCC(NC(C)=O)CC3)C2)CC1. The number of amides is 1. The Morgan fingerprint density at radius 3 is 2.30 bits per heavy atom. The first kappa shape index (κ1) is 24.3. The van der Waals surface area contributed by atoms with Crippen molar-refractivity contribution in [2.45, 2.75) is 56.3 Å². The number of hydrogen-bond acceptors (Lipinski definition) is 7. The Bertz CT molecular complexity index is 805.